The number of amides is 2. The molecule has 7 nitrogen and oxygen atoms in total. The zero-order valence-corrected chi connectivity index (χ0v) is 19.5. The van der Waals surface area contributed by atoms with Crippen LogP contribution in [0.15, 0.2) is 114 Å². The molecule has 0 heterocycles. The molecule has 0 bridgehead atoms. The normalized spacial score (nSPS) is 10.6. The van der Waals surface area contributed by atoms with E-state index in [1.54, 1.807) is 36.4 Å². The predicted molar refractivity (Wildman–Crippen MR) is 139 cm³/mol. The molecule has 0 aliphatic carbocycles. The zero-order chi connectivity index (χ0) is 25.0. The minimum atomic E-state index is -0.876. The van der Waals surface area contributed by atoms with Crippen LogP contribution in [0.2, 0.25) is 0 Å². The van der Waals surface area contributed by atoms with Crippen LogP contribution in [-0.2, 0) is 22.8 Å². The maximum Gasteiger partial charge on any atom is 0.329 e. The molecule has 4 aromatic carbocycles. The van der Waals surface area contributed by atoms with E-state index in [0.29, 0.717) is 24.7 Å². The summed E-state index contributed by atoms with van der Waals surface area (Å²) in [4.78, 5) is 24.2. The summed E-state index contributed by atoms with van der Waals surface area (Å²) >= 11 is 0. The number of hydrazone groups is 1. The average molecular weight is 480 g/mol. The highest BCUT2D eigenvalue weighted by molar-refractivity contribution is 6.39. The number of anilines is 1. The fourth-order valence-corrected chi connectivity index (χ4v) is 3.17. The highest BCUT2D eigenvalue weighted by Crippen LogP contribution is 2.17. The summed E-state index contributed by atoms with van der Waals surface area (Å²) < 4.78 is 11.5. The zero-order valence-electron chi connectivity index (χ0n) is 19.5. The van der Waals surface area contributed by atoms with Gasteiger partial charge in [0.2, 0.25) is 0 Å². The number of carbonyl (C=O) groups excluding carboxylic acids is 2. The third kappa shape index (κ3) is 7.56. The van der Waals surface area contributed by atoms with E-state index in [0.717, 1.165) is 22.4 Å². The van der Waals surface area contributed by atoms with Crippen molar-refractivity contribution in [1.82, 2.24) is 5.43 Å². The van der Waals surface area contributed by atoms with Gasteiger partial charge in [0, 0.05) is 5.69 Å². The molecule has 0 atom stereocenters. The number of nitrogens with zero attached hydrogens (tertiary/aromatic N) is 1. The van der Waals surface area contributed by atoms with Crippen LogP contribution in [0.3, 0.4) is 0 Å². The Morgan fingerprint density at radius 2 is 1.14 bits per heavy atom. The van der Waals surface area contributed by atoms with Crippen LogP contribution in [0, 0.1) is 0 Å². The van der Waals surface area contributed by atoms with E-state index in [4.69, 9.17) is 9.47 Å². The van der Waals surface area contributed by atoms with Gasteiger partial charge in [-0.05, 0) is 65.2 Å². The summed E-state index contributed by atoms with van der Waals surface area (Å²) in [6.45, 7) is 0.916. The molecule has 0 spiro atoms. The van der Waals surface area contributed by atoms with Gasteiger partial charge in [-0.2, -0.15) is 5.10 Å². The summed E-state index contributed by atoms with van der Waals surface area (Å²) in [5.41, 5.74) is 5.57. The Balaban J connectivity index is 1.19. The van der Waals surface area contributed by atoms with Crippen molar-refractivity contribution in [3.05, 3.63) is 126 Å². The lowest BCUT2D eigenvalue weighted by Gasteiger charge is -2.08. The smallest absolute Gasteiger partial charge is 0.329 e. The number of carbonyl (C=O) groups is 2. The fourth-order valence-electron chi connectivity index (χ4n) is 3.17. The molecule has 0 saturated heterocycles. The Morgan fingerprint density at radius 1 is 0.639 bits per heavy atom. The van der Waals surface area contributed by atoms with E-state index in [1.165, 1.54) is 6.21 Å². The van der Waals surface area contributed by atoms with Crippen LogP contribution in [-0.4, -0.2) is 18.0 Å². The lowest BCUT2D eigenvalue weighted by Crippen LogP contribution is -2.32. The molecule has 7 heteroatoms. The maximum absolute atomic E-state index is 12.1. The number of ether oxygens (including phenoxy) is 2. The molecule has 4 rings (SSSR count). The summed E-state index contributed by atoms with van der Waals surface area (Å²) in [7, 11) is 0. The van der Waals surface area contributed by atoms with E-state index in [2.05, 4.69) is 15.8 Å². The van der Waals surface area contributed by atoms with Crippen molar-refractivity contribution in [2.24, 2.45) is 5.10 Å². The molecule has 180 valence electrons. The summed E-state index contributed by atoms with van der Waals surface area (Å²) in [6, 6.07) is 33.7. The molecule has 4 aromatic rings. The van der Waals surface area contributed by atoms with E-state index >= 15 is 0 Å². The lowest BCUT2D eigenvalue weighted by molar-refractivity contribution is -0.136. The van der Waals surface area contributed by atoms with E-state index in [1.807, 2.05) is 72.8 Å². The molecule has 0 saturated carbocycles. The molecule has 2 N–H and O–H groups in total. The van der Waals surface area contributed by atoms with Gasteiger partial charge in [-0.15, -0.1) is 0 Å². The molecule has 0 unspecified atom stereocenters. The average Bonchev–Trinajstić information content (AvgIpc) is 2.93. The van der Waals surface area contributed by atoms with Crippen LogP contribution in [0.5, 0.6) is 11.5 Å². The number of benzene rings is 4. The van der Waals surface area contributed by atoms with E-state index < -0.39 is 11.8 Å². The first-order valence-electron chi connectivity index (χ1n) is 11.3. The second-order valence-corrected chi connectivity index (χ2v) is 7.80. The van der Waals surface area contributed by atoms with Crippen LogP contribution in [0.1, 0.15) is 16.7 Å². The third-order valence-corrected chi connectivity index (χ3v) is 5.07. The van der Waals surface area contributed by atoms with Gasteiger partial charge in [-0.25, -0.2) is 5.43 Å². The Labute approximate surface area is 209 Å². The van der Waals surface area contributed by atoms with Gasteiger partial charge in [0.05, 0.1) is 6.21 Å². The highest BCUT2D eigenvalue weighted by Gasteiger charge is 2.12. The van der Waals surface area contributed by atoms with Gasteiger partial charge in [-0.3, -0.25) is 9.59 Å². The van der Waals surface area contributed by atoms with Gasteiger partial charge < -0.3 is 14.8 Å². The Bertz CT molecular complexity index is 1290. The highest BCUT2D eigenvalue weighted by atomic mass is 16.5. The van der Waals surface area contributed by atoms with Gasteiger partial charge >= 0.3 is 11.8 Å². The quantitative estimate of drug-likeness (QED) is 0.202. The Morgan fingerprint density at radius 3 is 1.67 bits per heavy atom. The molecule has 36 heavy (non-hydrogen) atoms. The van der Waals surface area contributed by atoms with Gasteiger partial charge in [0.25, 0.3) is 0 Å². The van der Waals surface area contributed by atoms with Crippen molar-refractivity contribution >= 4 is 23.7 Å². The standard InChI is InChI=1S/C29H25N3O4/c33-28(31-25-13-17-27(18-14-25)36-21-24-9-5-2-6-10-24)29(34)32-30-19-22-11-15-26(16-12-22)35-20-23-7-3-1-4-8-23/h1-19H,20-21H2,(H,31,33)(H,32,34)/b30-19-. The van der Waals surface area contributed by atoms with Crippen LogP contribution in [0.25, 0.3) is 0 Å². The fraction of sp³-hybridized carbons (Fsp3) is 0.0690. The van der Waals surface area contributed by atoms with Crippen LogP contribution < -0.4 is 20.2 Å². The molecule has 0 radical (unpaired) electrons. The van der Waals surface area contributed by atoms with Crippen molar-refractivity contribution < 1.29 is 19.1 Å². The largest absolute Gasteiger partial charge is 0.489 e. The minimum Gasteiger partial charge on any atom is -0.489 e. The maximum atomic E-state index is 12.1. The number of hydrogen-bond acceptors (Lipinski definition) is 5. The van der Waals surface area contributed by atoms with E-state index in [-0.39, 0.29) is 0 Å². The predicted octanol–water partition coefficient (Wildman–Crippen LogP) is 4.93. The van der Waals surface area contributed by atoms with Gasteiger partial charge in [-0.1, -0.05) is 60.7 Å². The van der Waals surface area contributed by atoms with Crippen molar-refractivity contribution in [1.29, 1.82) is 0 Å². The first-order valence-corrected chi connectivity index (χ1v) is 11.3. The molecule has 2 amide bonds. The van der Waals surface area contributed by atoms with Crippen LogP contribution in [0.4, 0.5) is 5.69 Å². The van der Waals surface area contributed by atoms with E-state index in [9.17, 15) is 9.59 Å². The summed E-state index contributed by atoms with van der Waals surface area (Å²) in [5, 5.41) is 6.38. The number of nitrogens with one attached hydrogen (secondary N) is 2. The van der Waals surface area contributed by atoms with Crippen molar-refractivity contribution in [3.8, 4) is 11.5 Å². The summed E-state index contributed by atoms with van der Waals surface area (Å²) in [6.07, 6.45) is 1.45. The Kier molecular flexibility index (Phi) is 8.43. The molecule has 0 aliphatic heterocycles. The van der Waals surface area contributed by atoms with Crippen molar-refractivity contribution in [2.45, 2.75) is 13.2 Å². The third-order valence-electron chi connectivity index (χ3n) is 5.07. The van der Waals surface area contributed by atoms with Crippen LogP contribution >= 0.6 is 0 Å². The topological polar surface area (TPSA) is 89.0 Å². The monoisotopic (exact) mass is 479 g/mol. The summed E-state index contributed by atoms with van der Waals surface area (Å²) in [5.74, 6) is -0.327. The van der Waals surface area contributed by atoms with Gasteiger partial charge in [0.15, 0.2) is 0 Å². The second-order valence-electron chi connectivity index (χ2n) is 7.80. The number of rotatable bonds is 9. The SMILES string of the molecule is O=C(N/N=C\c1ccc(OCc2ccccc2)cc1)C(=O)Nc1ccc(OCc2ccccc2)cc1. The molecule has 0 aliphatic rings. The Hall–Kier alpha value is -4.91. The van der Waals surface area contributed by atoms with Gasteiger partial charge in [0.1, 0.15) is 24.7 Å². The second kappa shape index (κ2) is 12.5. The van der Waals surface area contributed by atoms with Crippen molar-refractivity contribution in [3.63, 3.8) is 0 Å². The molecule has 0 aromatic heterocycles. The molecular weight excluding hydrogens is 454 g/mol. The minimum absolute atomic E-state index is 0.441. The molecule has 0 fully saturated rings. The van der Waals surface area contributed by atoms with Crippen molar-refractivity contribution in [2.75, 3.05) is 5.32 Å². The molecular formula is C29H25N3O4. The lowest BCUT2D eigenvalue weighted by atomic mass is 10.2. The first kappa shape index (κ1) is 24.2. The number of hydrogen-bond donors (Lipinski definition) is 2. The first-order chi connectivity index (χ1) is 17.7.